The number of nitrogens with one attached hydrogen (secondary N) is 1. The zero-order valence-corrected chi connectivity index (χ0v) is 16.2. The van der Waals surface area contributed by atoms with Crippen LogP contribution in [0.25, 0.3) is 11.1 Å². The Morgan fingerprint density at radius 3 is 2.67 bits per heavy atom. The molecule has 0 saturated carbocycles. The summed E-state index contributed by atoms with van der Waals surface area (Å²) in [6, 6.07) is 8.32. The van der Waals surface area contributed by atoms with Crippen LogP contribution in [-0.2, 0) is 6.18 Å². The summed E-state index contributed by atoms with van der Waals surface area (Å²) in [7, 11) is 0. The highest BCUT2D eigenvalue weighted by Gasteiger charge is 2.30. The van der Waals surface area contributed by atoms with Crippen LogP contribution in [0.3, 0.4) is 0 Å². The average molecular weight is 437 g/mol. The number of ether oxygens (including phenoxy) is 1. The van der Waals surface area contributed by atoms with E-state index in [4.69, 9.17) is 16.3 Å². The minimum absolute atomic E-state index is 0.0769. The number of aromatic amines is 1. The van der Waals surface area contributed by atoms with Crippen molar-refractivity contribution in [1.82, 2.24) is 15.2 Å². The van der Waals surface area contributed by atoms with Gasteiger partial charge in [-0.2, -0.15) is 18.3 Å². The van der Waals surface area contributed by atoms with Gasteiger partial charge in [-0.05, 0) is 29.3 Å². The van der Waals surface area contributed by atoms with Crippen LogP contribution in [0.1, 0.15) is 12.0 Å². The third kappa shape index (κ3) is 4.25. The Morgan fingerprint density at radius 2 is 1.93 bits per heavy atom. The normalized spacial score (nSPS) is 16.7. The molecule has 0 unspecified atom stereocenters. The molecule has 6 nitrogen and oxygen atoms in total. The number of benzene rings is 1. The van der Waals surface area contributed by atoms with E-state index < -0.39 is 17.3 Å². The van der Waals surface area contributed by atoms with Gasteiger partial charge in [0.05, 0.1) is 24.0 Å². The summed E-state index contributed by atoms with van der Waals surface area (Å²) < 4.78 is 44.2. The number of hydrogen-bond acceptors (Lipinski definition) is 5. The number of nitrogens with zero attached hydrogens (tertiary/aromatic N) is 3. The van der Waals surface area contributed by atoms with Crippen molar-refractivity contribution in [3.8, 4) is 17.0 Å². The molecule has 0 spiro atoms. The Balaban J connectivity index is 1.46. The number of anilines is 1. The molecule has 1 saturated heterocycles. The molecule has 1 aromatic carbocycles. The number of H-pyrrole nitrogens is 1. The Hall–Kier alpha value is -3.07. The van der Waals surface area contributed by atoms with Crippen LogP contribution >= 0.6 is 11.6 Å². The molecule has 0 aliphatic carbocycles. The summed E-state index contributed by atoms with van der Waals surface area (Å²) in [6.07, 6.45) is -0.824. The van der Waals surface area contributed by atoms with Crippen molar-refractivity contribution >= 4 is 17.3 Å². The van der Waals surface area contributed by atoms with E-state index >= 15 is 0 Å². The number of rotatable bonds is 4. The van der Waals surface area contributed by atoms with Crippen LogP contribution in [-0.4, -0.2) is 34.4 Å². The van der Waals surface area contributed by atoms with Gasteiger partial charge in [0, 0.05) is 25.2 Å². The highest BCUT2D eigenvalue weighted by Crippen LogP contribution is 2.32. The maximum absolute atomic E-state index is 12.7. The number of halogens is 4. The molecule has 0 radical (unpaired) electrons. The summed E-state index contributed by atoms with van der Waals surface area (Å²) in [5.74, 6) is 0.370. The molecule has 156 valence electrons. The van der Waals surface area contributed by atoms with Crippen molar-refractivity contribution in [3.63, 3.8) is 0 Å². The first-order chi connectivity index (χ1) is 14.3. The summed E-state index contributed by atoms with van der Waals surface area (Å²) in [5.41, 5.74) is 0.716. The van der Waals surface area contributed by atoms with Crippen molar-refractivity contribution in [2.75, 3.05) is 18.0 Å². The third-order valence-electron chi connectivity index (χ3n) is 4.83. The van der Waals surface area contributed by atoms with Gasteiger partial charge in [0.25, 0.3) is 5.56 Å². The Kier molecular flexibility index (Phi) is 5.38. The average Bonchev–Trinajstić information content (AvgIpc) is 3.18. The first-order valence-electron chi connectivity index (χ1n) is 9.10. The van der Waals surface area contributed by atoms with E-state index in [1.165, 1.54) is 18.3 Å². The molecule has 1 N–H and O–H groups in total. The first kappa shape index (κ1) is 20.2. The predicted molar refractivity (Wildman–Crippen MR) is 106 cm³/mol. The summed E-state index contributed by atoms with van der Waals surface area (Å²) in [6.45, 7) is 1.13. The lowest BCUT2D eigenvalue weighted by atomic mass is 10.0. The molecule has 30 heavy (non-hydrogen) atoms. The van der Waals surface area contributed by atoms with Gasteiger partial charge in [0.1, 0.15) is 11.1 Å². The first-order valence-corrected chi connectivity index (χ1v) is 9.47. The van der Waals surface area contributed by atoms with E-state index in [1.807, 2.05) is 4.90 Å². The smallest absolute Gasteiger partial charge is 0.416 e. The lowest BCUT2D eigenvalue weighted by Gasteiger charge is -2.19. The second-order valence-corrected chi connectivity index (χ2v) is 7.21. The predicted octanol–water partition coefficient (Wildman–Crippen LogP) is 4.16. The fraction of sp³-hybridized carbons (Fsp3) is 0.250. The molecule has 1 fully saturated rings. The minimum Gasteiger partial charge on any atom is -0.472 e. The largest absolute Gasteiger partial charge is 0.472 e. The zero-order chi connectivity index (χ0) is 21.3. The number of alkyl halides is 3. The number of pyridine rings is 1. The molecule has 1 aliphatic heterocycles. The Morgan fingerprint density at radius 1 is 1.17 bits per heavy atom. The van der Waals surface area contributed by atoms with Gasteiger partial charge >= 0.3 is 6.18 Å². The minimum atomic E-state index is -4.37. The highest BCUT2D eigenvalue weighted by atomic mass is 35.5. The van der Waals surface area contributed by atoms with Crippen LogP contribution in [0, 0.1) is 0 Å². The van der Waals surface area contributed by atoms with Gasteiger partial charge in [-0.15, -0.1) is 0 Å². The van der Waals surface area contributed by atoms with Gasteiger partial charge in [0.15, 0.2) is 0 Å². The van der Waals surface area contributed by atoms with Gasteiger partial charge in [-0.3, -0.25) is 4.79 Å². The molecule has 3 aromatic rings. The van der Waals surface area contributed by atoms with Gasteiger partial charge < -0.3 is 9.64 Å². The fourth-order valence-electron chi connectivity index (χ4n) is 3.31. The second kappa shape index (κ2) is 7.98. The van der Waals surface area contributed by atoms with Crippen molar-refractivity contribution < 1.29 is 17.9 Å². The molecular formula is C20H16ClF3N4O2. The standard InChI is InChI=1S/C20H16ClF3N4O2/c21-18-16(10-26-27-19(18)29)28-8-6-15(11-28)30-17-9-13(5-7-25-17)12-1-3-14(4-2-12)20(22,23)24/h1-5,7,9-10,15H,6,8,11H2,(H,27,29)/t15-/m1/s1. The van der Waals surface area contributed by atoms with Crippen LogP contribution in [0.15, 0.2) is 53.6 Å². The number of aromatic nitrogens is 3. The quantitative estimate of drug-likeness (QED) is 0.665. The van der Waals surface area contributed by atoms with E-state index in [9.17, 15) is 18.0 Å². The van der Waals surface area contributed by atoms with Gasteiger partial charge in [-0.1, -0.05) is 23.7 Å². The van der Waals surface area contributed by atoms with E-state index in [1.54, 1.807) is 18.3 Å². The van der Waals surface area contributed by atoms with Crippen molar-refractivity contribution in [2.45, 2.75) is 18.7 Å². The molecule has 1 aliphatic rings. The molecule has 0 bridgehead atoms. The fourth-order valence-corrected chi connectivity index (χ4v) is 3.52. The van der Waals surface area contributed by atoms with E-state index in [0.717, 1.165) is 12.1 Å². The van der Waals surface area contributed by atoms with Crippen molar-refractivity contribution in [2.24, 2.45) is 0 Å². The van der Waals surface area contributed by atoms with Crippen molar-refractivity contribution in [1.29, 1.82) is 0 Å². The van der Waals surface area contributed by atoms with Crippen molar-refractivity contribution in [3.05, 3.63) is 69.7 Å². The van der Waals surface area contributed by atoms with Crippen LogP contribution in [0.5, 0.6) is 5.88 Å². The van der Waals surface area contributed by atoms with E-state index in [2.05, 4.69) is 15.2 Å². The molecule has 1 atom stereocenters. The van der Waals surface area contributed by atoms with Crippen LogP contribution in [0.4, 0.5) is 18.9 Å². The lowest BCUT2D eigenvalue weighted by molar-refractivity contribution is -0.137. The molecule has 10 heteroatoms. The van der Waals surface area contributed by atoms with E-state index in [0.29, 0.717) is 42.2 Å². The Bertz CT molecular complexity index is 1100. The Labute approximate surface area is 174 Å². The highest BCUT2D eigenvalue weighted by molar-refractivity contribution is 6.33. The molecule has 2 aromatic heterocycles. The monoisotopic (exact) mass is 436 g/mol. The maximum Gasteiger partial charge on any atom is 0.416 e. The third-order valence-corrected chi connectivity index (χ3v) is 5.20. The molecule has 3 heterocycles. The van der Waals surface area contributed by atoms with Gasteiger partial charge in [0.2, 0.25) is 5.88 Å². The second-order valence-electron chi connectivity index (χ2n) is 6.83. The van der Waals surface area contributed by atoms with E-state index in [-0.39, 0.29) is 11.1 Å². The maximum atomic E-state index is 12.7. The summed E-state index contributed by atoms with van der Waals surface area (Å²) in [4.78, 5) is 17.7. The SMILES string of the molecule is O=c1[nH]ncc(N2CC[C@@H](Oc3cc(-c4ccc(C(F)(F)F)cc4)ccn3)C2)c1Cl. The summed E-state index contributed by atoms with van der Waals surface area (Å²) in [5, 5.41) is 6.13. The van der Waals surface area contributed by atoms with Crippen LogP contribution < -0.4 is 15.2 Å². The molecule has 4 rings (SSSR count). The molecule has 0 amide bonds. The topological polar surface area (TPSA) is 71.1 Å². The lowest BCUT2D eigenvalue weighted by Crippen LogP contribution is -2.26. The summed E-state index contributed by atoms with van der Waals surface area (Å²) >= 11 is 6.06. The number of hydrogen-bond donors (Lipinski definition) is 1. The van der Waals surface area contributed by atoms with Crippen LogP contribution in [0.2, 0.25) is 5.02 Å². The van der Waals surface area contributed by atoms with Gasteiger partial charge in [-0.25, -0.2) is 10.1 Å². The zero-order valence-electron chi connectivity index (χ0n) is 15.5. The molecular weight excluding hydrogens is 421 g/mol.